The van der Waals surface area contributed by atoms with Crippen molar-refractivity contribution in [2.45, 2.75) is 96.0 Å². The van der Waals surface area contributed by atoms with Crippen LogP contribution in [0.1, 0.15) is 89.7 Å². The van der Waals surface area contributed by atoms with Crippen LogP contribution < -0.4 is 0 Å². The average Bonchev–Trinajstić information content (AvgIpc) is 2.61. The van der Waals surface area contributed by atoms with Gasteiger partial charge in [-0.05, 0) is 67.4 Å². The normalized spacial score (nSPS) is 26.8. The lowest BCUT2D eigenvalue weighted by Gasteiger charge is -2.46. The van der Waals surface area contributed by atoms with Gasteiger partial charge in [0.25, 0.3) is 0 Å². The van der Waals surface area contributed by atoms with Crippen LogP contribution in [-0.2, 0) is 21.4 Å². The molecule has 0 heterocycles. The third kappa shape index (κ3) is 4.10. The summed E-state index contributed by atoms with van der Waals surface area (Å²) in [6.07, 6.45) is 11.2. The van der Waals surface area contributed by atoms with Crippen LogP contribution >= 0.6 is 0 Å². The van der Waals surface area contributed by atoms with Gasteiger partial charge in [0, 0.05) is 0 Å². The van der Waals surface area contributed by atoms with E-state index in [9.17, 15) is 4.79 Å². The predicted octanol–water partition coefficient (Wildman–Crippen LogP) is 5.96. The quantitative estimate of drug-likeness (QED) is 0.617. The SMILES string of the molecule is CCC(C)(C)c1ccc(CC(=O)OC23CCCCC2CCCC3)cc1. The number of rotatable bonds is 5. The highest BCUT2D eigenvalue weighted by Crippen LogP contribution is 2.46. The molecule has 0 radical (unpaired) electrons. The van der Waals surface area contributed by atoms with E-state index in [0.717, 1.165) is 24.8 Å². The van der Waals surface area contributed by atoms with E-state index < -0.39 is 0 Å². The minimum absolute atomic E-state index is 0.0312. The van der Waals surface area contributed by atoms with Crippen LogP contribution in [0.3, 0.4) is 0 Å². The molecule has 0 saturated heterocycles. The molecule has 0 aromatic heterocycles. The van der Waals surface area contributed by atoms with Crippen LogP contribution in [0.25, 0.3) is 0 Å². The van der Waals surface area contributed by atoms with Crippen molar-refractivity contribution in [2.24, 2.45) is 5.92 Å². The third-order valence-corrected chi connectivity index (χ3v) is 6.83. The Morgan fingerprint density at radius 3 is 2.24 bits per heavy atom. The summed E-state index contributed by atoms with van der Waals surface area (Å²) >= 11 is 0. The summed E-state index contributed by atoms with van der Waals surface area (Å²) in [5.41, 5.74) is 2.46. The maximum absolute atomic E-state index is 12.6. The largest absolute Gasteiger partial charge is 0.459 e. The first-order valence-electron chi connectivity index (χ1n) is 10.3. The van der Waals surface area contributed by atoms with Gasteiger partial charge in [0.05, 0.1) is 6.42 Å². The molecule has 0 atom stereocenters. The molecule has 2 aliphatic rings. The highest BCUT2D eigenvalue weighted by molar-refractivity contribution is 5.73. The van der Waals surface area contributed by atoms with E-state index in [1.54, 1.807) is 0 Å². The molecule has 3 rings (SSSR count). The fraction of sp³-hybridized carbons (Fsp3) is 0.696. The van der Waals surface area contributed by atoms with Crippen molar-refractivity contribution in [1.29, 1.82) is 0 Å². The Kier molecular flexibility index (Phi) is 5.55. The molecule has 2 fully saturated rings. The van der Waals surface area contributed by atoms with Crippen molar-refractivity contribution >= 4 is 5.97 Å². The van der Waals surface area contributed by atoms with Crippen molar-refractivity contribution < 1.29 is 9.53 Å². The summed E-state index contributed by atoms with van der Waals surface area (Å²) in [6, 6.07) is 8.55. The summed E-state index contributed by atoms with van der Waals surface area (Å²) in [5, 5.41) is 0. The standard InChI is InChI=1S/C23H34O2/c1-4-22(2,3)19-13-11-18(12-14-19)17-21(24)25-23-15-7-5-9-20(23)10-6-8-16-23/h11-14,20H,4-10,15-17H2,1-3H3. The Bertz CT molecular complexity index is 573. The van der Waals surface area contributed by atoms with Gasteiger partial charge in [0.1, 0.15) is 5.60 Å². The van der Waals surface area contributed by atoms with Crippen LogP contribution in [0.15, 0.2) is 24.3 Å². The molecule has 0 unspecified atom stereocenters. The molecule has 2 aliphatic carbocycles. The lowest BCUT2D eigenvalue weighted by atomic mass is 9.67. The maximum atomic E-state index is 12.6. The van der Waals surface area contributed by atoms with Crippen molar-refractivity contribution in [3.63, 3.8) is 0 Å². The molecule has 0 N–H and O–H groups in total. The van der Waals surface area contributed by atoms with Crippen molar-refractivity contribution in [3.8, 4) is 0 Å². The van der Waals surface area contributed by atoms with Crippen LogP contribution in [-0.4, -0.2) is 11.6 Å². The summed E-state index contributed by atoms with van der Waals surface area (Å²) in [6.45, 7) is 6.75. The molecule has 0 bridgehead atoms. The lowest BCUT2D eigenvalue weighted by molar-refractivity contribution is -0.175. The van der Waals surface area contributed by atoms with Crippen molar-refractivity contribution in [3.05, 3.63) is 35.4 Å². The zero-order valence-electron chi connectivity index (χ0n) is 16.3. The van der Waals surface area contributed by atoms with Gasteiger partial charge in [0.2, 0.25) is 0 Å². The number of benzene rings is 1. The number of carbonyl (C=O) groups is 1. The number of ether oxygens (including phenoxy) is 1. The molecule has 25 heavy (non-hydrogen) atoms. The summed E-state index contributed by atoms with van der Waals surface area (Å²) in [7, 11) is 0. The molecule has 138 valence electrons. The first-order chi connectivity index (χ1) is 12.0. The Morgan fingerprint density at radius 1 is 1.08 bits per heavy atom. The monoisotopic (exact) mass is 342 g/mol. The van der Waals surface area contributed by atoms with Crippen LogP contribution in [0.4, 0.5) is 0 Å². The van der Waals surface area contributed by atoms with Crippen LogP contribution in [0.5, 0.6) is 0 Å². The van der Waals surface area contributed by atoms with Crippen molar-refractivity contribution in [1.82, 2.24) is 0 Å². The smallest absolute Gasteiger partial charge is 0.310 e. The molecular formula is C23H34O2. The number of hydrogen-bond donors (Lipinski definition) is 0. The first-order valence-corrected chi connectivity index (χ1v) is 10.3. The molecule has 0 amide bonds. The van der Waals surface area contributed by atoms with E-state index in [2.05, 4.69) is 45.0 Å². The van der Waals surface area contributed by atoms with Crippen molar-refractivity contribution in [2.75, 3.05) is 0 Å². The second kappa shape index (κ2) is 7.51. The highest BCUT2D eigenvalue weighted by Gasteiger charge is 2.45. The van der Waals surface area contributed by atoms with Gasteiger partial charge in [-0.15, -0.1) is 0 Å². The number of fused-ring (bicyclic) bond motifs is 1. The van der Waals surface area contributed by atoms with E-state index in [-0.39, 0.29) is 17.0 Å². The number of hydrogen-bond acceptors (Lipinski definition) is 2. The van der Waals surface area contributed by atoms with Gasteiger partial charge in [-0.3, -0.25) is 4.79 Å². The van der Waals surface area contributed by atoms with Gasteiger partial charge < -0.3 is 4.74 Å². The number of esters is 1. The molecule has 1 aromatic carbocycles. The molecule has 0 spiro atoms. The zero-order valence-corrected chi connectivity index (χ0v) is 16.3. The Balaban J connectivity index is 1.64. The van der Waals surface area contributed by atoms with Gasteiger partial charge in [-0.1, -0.05) is 57.9 Å². The molecule has 2 saturated carbocycles. The fourth-order valence-electron chi connectivity index (χ4n) is 4.73. The predicted molar refractivity (Wildman–Crippen MR) is 103 cm³/mol. The zero-order chi connectivity index (χ0) is 17.9. The first kappa shape index (κ1) is 18.5. The van der Waals surface area contributed by atoms with E-state index in [1.165, 1.54) is 44.1 Å². The van der Waals surface area contributed by atoms with Gasteiger partial charge in [-0.2, -0.15) is 0 Å². The number of carbonyl (C=O) groups excluding carboxylic acids is 1. The lowest BCUT2D eigenvalue weighted by Crippen LogP contribution is -2.47. The Morgan fingerprint density at radius 2 is 1.68 bits per heavy atom. The minimum atomic E-state index is -0.141. The molecule has 2 nitrogen and oxygen atoms in total. The maximum Gasteiger partial charge on any atom is 0.310 e. The fourth-order valence-corrected chi connectivity index (χ4v) is 4.73. The van der Waals surface area contributed by atoms with E-state index in [0.29, 0.717) is 12.3 Å². The highest BCUT2D eigenvalue weighted by atomic mass is 16.6. The Labute approximate surface area is 153 Å². The van der Waals surface area contributed by atoms with E-state index >= 15 is 0 Å². The topological polar surface area (TPSA) is 26.3 Å². The van der Waals surface area contributed by atoms with Gasteiger partial charge >= 0.3 is 5.97 Å². The Hall–Kier alpha value is -1.31. The van der Waals surface area contributed by atoms with E-state index in [4.69, 9.17) is 4.74 Å². The summed E-state index contributed by atoms with van der Waals surface area (Å²) < 4.78 is 6.17. The second-order valence-electron chi connectivity index (χ2n) is 8.84. The molecular weight excluding hydrogens is 308 g/mol. The van der Waals surface area contributed by atoms with E-state index in [1.807, 2.05) is 0 Å². The van der Waals surface area contributed by atoms with Crippen LogP contribution in [0, 0.1) is 5.92 Å². The minimum Gasteiger partial charge on any atom is -0.459 e. The third-order valence-electron chi connectivity index (χ3n) is 6.83. The molecule has 2 heteroatoms. The van der Waals surface area contributed by atoms with Gasteiger partial charge in [0.15, 0.2) is 0 Å². The summed E-state index contributed by atoms with van der Waals surface area (Å²) in [5.74, 6) is 0.572. The average molecular weight is 343 g/mol. The van der Waals surface area contributed by atoms with Crippen LogP contribution in [0.2, 0.25) is 0 Å². The summed E-state index contributed by atoms with van der Waals surface area (Å²) in [4.78, 5) is 12.6. The molecule has 1 aromatic rings. The van der Waals surface area contributed by atoms with Gasteiger partial charge in [-0.25, -0.2) is 0 Å². The molecule has 0 aliphatic heterocycles. The second-order valence-corrected chi connectivity index (χ2v) is 8.84.